The Balaban J connectivity index is 2.63. The second-order valence-electron chi connectivity index (χ2n) is 3.50. The molecule has 1 rings (SSSR count). The molecule has 0 saturated carbocycles. The Bertz CT molecular complexity index is 230. The zero-order valence-electron chi connectivity index (χ0n) is 8.51. The molecule has 1 unspecified atom stereocenters. The Kier molecular flexibility index (Phi) is 3.96. The number of carbonyl (C=O) groups is 1. The average molecular weight is 225 g/mol. The number of hydrogen-bond acceptors (Lipinski definition) is 2. The zero-order valence-corrected chi connectivity index (χ0v) is 8.51. The minimum atomic E-state index is -4.78. The predicted molar refractivity (Wildman–Crippen MR) is 47.3 cm³/mol. The number of carbonyl (C=O) groups excluding carboxylic acids is 1. The number of amides is 1. The van der Waals surface area contributed by atoms with Crippen molar-refractivity contribution in [2.45, 2.75) is 32.0 Å². The van der Waals surface area contributed by atoms with Crippen LogP contribution in [0.25, 0.3) is 0 Å². The molecule has 1 atom stereocenters. The SMILES string of the molecule is CCC1CN(C(=O)C(F)(F)F)CCCO1. The van der Waals surface area contributed by atoms with E-state index in [9.17, 15) is 18.0 Å². The molecule has 6 heteroatoms. The lowest BCUT2D eigenvalue weighted by molar-refractivity contribution is -0.186. The van der Waals surface area contributed by atoms with Gasteiger partial charge in [0.2, 0.25) is 0 Å². The zero-order chi connectivity index (χ0) is 11.5. The first-order valence-corrected chi connectivity index (χ1v) is 4.93. The van der Waals surface area contributed by atoms with Gasteiger partial charge in [-0.15, -0.1) is 0 Å². The molecule has 1 fully saturated rings. The average Bonchev–Trinajstić information content (AvgIpc) is 2.39. The van der Waals surface area contributed by atoms with Gasteiger partial charge >= 0.3 is 12.1 Å². The van der Waals surface area contributed by atoms with E-state index in [0.717, 1.165) is 4.90 Å². The lowest BCUT2D eigenvalue weighted by atomic mass is 10.2. The highest BCUT2D eigenvalue weighted by Gasteiger charge is 2.43. The lowest BCUT2D eigenvalue weighted by Gasteiger charge is -2.24. The van der Waals surface area contributed by atoms with Crippen molar-refractivity contribution in [1.82, 2.24) is 4.90 Å². The number of nitrogens with zero attached hydrogens (tertiary/aromatic N) is 1. The number of rotatable bonds is 1. The smallest absolute Gasteiger partial charge is 0.376 e. The molecule has 0 bridgehead atoms. The molecule has 0 radical (unpaired) electrons. The van der Waals surface area contributed by atoms with Crippen LogP contribution in [0.15, 0.2) is 0 Å². The van der Waals surface area contributed by atoms with E-state index in [2.05, 4.69) is 0 Å². The van der Waals surface area contributed by atoms with Gasteiger partial charge in [-0.05, 0) is 12.8 Å². The van der Waals surface area contributed by atoms with Gasteiger partial charge in [0, 0.05) is 19.7 Å². The second-order valence-corrected chi connectivity index (χ2v) is 3.50. The highest BCUT2D eigenvalue weighted by Crippen LogP contribution is 2.20. The van der Waals surface area contributed by atoms with Gasteiger partial charge in [0.25, 0.3) is 0 Å². The van der Waals surface area contributed by atoms with E-state index in [4.69, 9.17) is 4.74 Å². The maximum atomic E-state index is 12.2. The van der Waals surface area contributed by atoms with E-state index >= 15 is 0 Å². The molecular formula is C9H14F3NO2. The topological polar surface area (TPSA) is 29.5 Å². The van der Waals surface area contributed by atoms with Crippen LogP contribution in [-0.2, 0) is 9.53 Å². The van der Waals surface area contributed by atoms with Gasteiger partial charge in [0.05, 0.1) is 6.10 Å². The number of ether oxygens (including phenoxy) is 1. The molecule has 1 amide bonds. The minimum absolute atomic E-state index is 0.0366. The lowest BCUT2D eigenvalue weighted by Crippen LogP contribution is -2.44. The molecule has 1 heterocycles. The summed E-state index contributed by atoms with van der Waals surface area (Å²) in [4.78, 5) is 11.8. The number of hydrogen-bond donors (Lipinski definition) is 0. The summed E-state index contributed by atoms with van der Waals surface area (Å²) >= 11 is 0. The van der Waals surface area contributed by atoms with Gasteiger partial charge in [0.15, 0.2) is 0 Å². The highest BCUT2D eigenvalue weighted by molar-refractivity contribution is 5.81. The fourth-order valence-corrected chi connectivity index (χ4v) is 1.51. The van der Waals surface area contributed by atoms with Crippen LogP contribution in [0.3, 0.4) is 0 Å². The molecule has 0 aromatic heterocycles. The van der Waals surface area contributed by atoms with Gasteiger partial charge < -0.3 is 9.64 Å². The quantitative estimate of drug-likeness (QED) is 0.678. The highest BCUT2D eigenvalue weighted by atomic mass is 19.4. The molecule has 1 aliphatic heterocycles. The normalized spacial score (nSPS) is 23.7. The van der Waals surface area contributed by atoms with Crippen molar-refractivity contribution < 1.29 is 22.7 Å². The molecule has 3 nitrogen and oxygen atoms in total. The van der Waals surface area contributed by atoms with Crippen molar-refractivity contribution in [3.05, 3.63) is 0 Å². The van der Waals surface area contributed by atoms with Gasteiger partial charge in [-0.2, -0.15) is 13.2 Å². The largest absolute Gasteiger partial charge is 0.471 e. The van der Waals surface area contributed by atoms with E-state index in [1.165, 1.54) is 0 Å². The molecule has 1 aliphatic rings. The Morgan fingerprint density at radius 2 is 2.20 bits per heavy atom. The van der Waals surface area contributed by atoms with Gasteiger partial charge in [-0.3, -0.25) is 4.79 Å². The molecule has 0 aliphatic carbocycles. The van der Waals surface area contributed by atoms with Crippen LogP contribution in [0.2, 0.25) is 0 Å². The number of halogens is 3. The van der Waals surface area contributed by atoms with Crippen LogP contribution in [-0.4, -0.2) is 42.8 Å². The summed E-state index contributed by atoms with van der Waals surface area (Å²) in [6.45, 7) is 2.40. The van der Waals surface area contributed by atoms with Crippen molar-refractivity contribution in [1.29, 1.82) is 0 Å². The molecule has 0 N–H and O–H groups in total. The van der Waals surface area contributed by atoms with Gasteiger partial charge in [-0.1, -0.05) is 6.92 Å². The standard InChI is InChI=1S/C9H14F3NO2/c1-2-7-6-13(4-3-5-15-7)8(14)9(10,11)12/h7H,2-6H2,1H3. The molecule has 15 heavy (non-hydrogen) atoms. The third-order valence-electron chi connectivity index (χ3n) is 2.33. The van der Waals surface area contributed by atoms with E-state index in [1.807, 2.05) is 6.92 Å². The second kappa shape index (κ2) is 4.83. The summed E-state index contributed by atoms with van der Waals surface area (Å²) in [5.41, 5.74) is 0. The summed E-state index contributed by atoms with van der Waals surface area (Å²) < 4.78 is 41.8. The van der Waals surface area contributed by atoms with Crippen LogP contribution in [0.1, 0.15) is 19.8 Å². The van der Waals surface area contributed by atoms with E-state index in [1.54, 1.807) is 0 Å². The summed E-state index contributed by atoms with van der Waals surface area (Å²) in [6, 6.07) is 0. The first-order chi connectivity index (χ1) is 6.95. The van der Waals surface area contributed by atoms with E-state index in [-0.39, 0.29) is 19.2 Å². The Morgan fingerprint density at radius 1 is 1.53 bits per heavy atom. The van der Waals surface area contributed by atoms with Crippen LogP contribution in [0.4, 0.5) is 13.2 Å². The first-order valence-electron chi connectivity index (χ1n) is 4.93. The van der Waals surface area contributed by atoms with Crippen LogP contribution in [0.5, 0.6) is 0 Å². The van der Waals surface area contributed by atoms with Crippen LogP contribution >= 0.6 is 0 Å². The minimum Gasteiger partial charge on any atom is -0.376 e. The molecule has 0 aromatic rings. The van der Waals surface area contributed by atoms with E-state index in [0.29, 0.717) is 19.4 Å². The van der Waals surface area contributed by atoms with Crippen molar-refractivity contribution in [3.8, 4) is 0 Å². The maximum Gasteiger partial charge on any atom is 0.471 e. The molecule has 88 valence electrons. The maximum absolute atomic E-state index is 12.2. The molecule has 0 aromatic carbocycles. The summed E-state index contributed by atoms with van der Waals surface area (Å²) in [7, 11) is 0. The van der Waals surface area contributed by atoms with Gasteiger partial charge in [0.1, 0.15) is 0 Å². The van der Waals surface area contributed by atoms with Crippen molar-refractivity contribution in [2.24, 2.45) is 0 Å². The van der Waals surface area contributed by atoms with Crippen molar-refractivity contribution in [3.63, 3.8) is 0 Å². The van der Waals surface area contributed by atoms with Crippen LogP contribution in [0, 0.1) is 0 Å². The Labute approximate surface area is 86.2 Å². The monoisotopic (exact) mass is 225 g/mol. The summed E-state index contributed by atoms with van der Waals surface area (Å²) in [6.07, 6.45) is -3.98. The molecule has 0 spiro atoms. The van der Waals surface area contributed by atoms with Crippen molar-refractivity contribution >= 4 is 5.91 Å². The van der Waals surface area contributed by atoms with Gasteiger partial charge in [-0.25, -0.2) is 0 Å². The fraction of sp³-hybridized carbons (Fsp3) is 0.889. The predicted octanol–water partition coefficient (Wildman–Crippen LogP) is 1.58. The number of alkyl halides is 3. The first kappa shape index (κ1) is 12.3. The Morgan fingerprint density at radius 3 is 2.73 bits per heavy atom. The van der Waals surface area contributed by atoms with Crippen LogP contribution < -0.4 is 0 Å². The van der Waals surface area contributed by atoms with Crippen molar-refractivity contribution in [2.75, 3.05) is 19.7 Å². The third-order valence-corrected chi connectivity index (χ3v) is 2.33. The fourth-order valence-electron chi connectivity index (χ4n) is 1.51. The molecule has 1 saturated heterocycles. The Hall–Kier alpha value is -0.780. The third kappa shape index (κ3) is 3.37. The van der Waals surface area contributed by atoms with E-state index < -0.39 is 12.1 Å². The molecular weight excluding hydrogens is 211 g/mol. The summed E-state index contributed by atoms with van der Waals surface area (Å²) in [5.74, 6) is -1.76. The summed E-state index contributed by atoms with van der Waals surface area (Å²) in [5, 5.41) is 0.